The first kappa shape index (κ1) is 23.8. The smallest absolute Gasteiger partial charge is 0.407 e. The molecular formula is C11H27Cl2N3O3. The van der Waals surface area contributed by atoms with Gasteiger partial charge >= 0.3 is 6.09 Å². The topological polar surface area (TPSA) is 102 Å². The van der Waals surface area contributed by atoms with Crippen LogP contribution in [0.5, 0.6) is 0 Å². The number of carboxylic acid groups (broad SMARTS) is 1. The van der Waals surface area contributed by atoms with Crippen molar-refractivity contribution in [2.24, 2.45) is 11.5 Å². The van der Waals surface area contributed by atoms with E-state index in [0.29, 0.717) is 45.8 Å². The van der Waals surface area contributed by atoms with Crippen LogP contribution in [0.4, 0.5) is 4.79 Å². The second kappa shape index (κ2) is 17.7. The lowest BCUT2D eigenvalue weighted by Gasteiger charge is -2.18. The zero-order chi connectivity index (χ0) is 12.9. The van der Waals surface area contributed by atoms with Crippen molar-refractivity contribution in [3.8, 4) is 0 Å². The van der Waals surface area contributed by atoms with Crippen molar-refractivity contribution in [1.29, 1.82) is 0 Å². The van der Waals surface area contributed by atoms with Gasteiger partial charge in [0.25, 0.3) is 0 Å². The van der Waals surface area contributed by atoms with Crippen molar-refractivity contribution in [3.63, 3.8) is 0 Å². The molecule has 5 N–H and O–H groups in total. The van der Waals surface area contributed by atoms with Gasteiger partial charge in [0, 0.05) is 26.3 Å². The van der Waals surface area contributed by atoms with E-state index in [0.717, 1.165) is 19.3 Å². The molecule has 0 saturated heterocycles. The molecule has 0 aromatic carbocycles. The van der Waals surface area contributed by atoms with Gasteiger partial charge in [0.1, 0.15) is 0 Å². The van der Waals surface area contributed by atoms with Gasteiger partial charge in [-0.3, -0.25) is 0 Å². The molecule has 0 unspecified atom stereocenters. The first-order valence-corrected chi connectivity index (χ1v) is 6.18. The fourth-order valence-electron chi connectivity index (χ4n) is 1.38. The van der Waals surface area contributed by atoms with Gasteiger partial charge in [0.15, 0.2) is 0 Å². The minimum Gasteiger partial charge on any atom is -0.465 e. The second-order valence-electron chi connectivity index (χ2n) is 3.87. The van der Waals surface area contributed by atoms with Crippen molar-refractivity contribution < 1.29 is 14.6 Å². The number of amides is 1. The Kier molecular flexibility index (Phi) is 22.2. The number of nitrogens with two attached hydrogens (primary N) is 2. The predicted molar refractivity (Wildman–Crippen MR) is 81.5 cm³/mol. The first-order chi connectivity index (χ1) is 8.22. The lowest BCUT2D eigenvalue weighted by atomic mass is 10.3. The molecule has 0 aromatic rings. The van der Waals surface area contributed by atoms with E-state index in [1.54, 1.807) is 0 Å². The summed E-state index contributed by atoms with van der Waals surface area (Å²) in [6.45, 7) is 3.59. The van der Waals surface area contributed by atoms with E-state index in [1.807, 2.05) is 0 Å². The minimum atomic E-state index is -0.873. The molecule has 6 nitrogen and oxygen atoms in total. The highest BCUT2D eigenvalue weighted by molar-refractivity contribution is 5.85. The number of ether oxygens (including phenoxy) is 1. The largest absolute Gasteiger partial charge is 0.465 e. The van der Waals surface area contributed by atoms with E-state index >= 15 is 0 Å². The summed E-state index contributed by atoms with van der Waals surface area (Å²) in [6.07, 6.45) is 2.40. The summed E-state index contributed by atoms with van der Waals surface area (Å²) < 4.78 is 5.33. The zero-order valence-corrected chi connectivity index (χ0v) is 12.9. The van der Waals surface area contributed by atoms with Gasteiger partial charge in [-0.05, 0) is 38.8 Å². The SMILES string of the molecule is Cl.Cl.NCCCOCCCCN(CCCN)C(=O)O. The number of hydrogen-bond donors (Lipinski definition) is 3. The molecule has 0 aliphatic heterocycles. The Morgan fingerprint density at radius 1 is 0.947 bits per heavy atom. The average molecular weight is 320 g/mol. The average Bonchev–Trinajstić information content (AvgIpc) is 2.31. The molecule has 118 valence electrons. The molecule has 0 aliphatic carbocycles. The van der Waals surface area contributed by atoms with Gasteiger partial charge in [-0.15, -0.1) is 24.8 Å². The summed E-state index contributed by atoms with van der Waals surface area (Å²) in [4.78, 5) is 12.3. The Morgan fingerprint density at radius 2 is 1.47 bits per heavy atom. The Bertz CT molecular complexity index is 200. The third kappa shape index (κ3) is 15.7. The first-order valence-electron chi connectivity index (χ1n) is 6.18. The Labute approximate surface area is 127 Å². The van der Waals surface area contributed by atoms with Gasteiger partial charge in [0.05, 0.1) is 0 Å². The number of nitrogens with zero attached hydrogens (tertiary/aromatic N) is 1. The number of hydrogen-bond acceptors (Lipinski definition) is 4. The van der Waals surface area contributed by atoms with Crippen molar-refractivity contribution in [2.75, 3.05) is 39.4 Å². The van der Waals surface area contributed by atoms with E-state index in [9.17, 15) is 4.79 Å². The van der Waals surface area contributed by atoms with Crippen LogP contribution in [-0.4, -0.2) is 55.5 Å². The highest BCUT2D eigenvalue weighted by atomic mass is 35.5. The molecule has 0 rings (SSSR count). The fraction of sp³-hybridized carbons (Fsp3) is 0.909. The second-order valence-corrected chi connectivity index (χ2v) is 3.87. The van der Waals surface area contributed by atoms with Crippen molar-refractivity contribution in [1.82, 2.24) is 4.90 Å². The number of halogens is 2. The van der Waals surface area contributed by atoms with Gasteiger partial charge in [-0.1, -0.05) is 0 Å². The Hall–Kier alpha value is -0.270. The van der Waals surface area contributed by atoms with Crippen LogP contribution >= 0.6 is 24.8 Å². The van der Waals surface area contributed by atoms with Crippen molar-refractivity contribution in [2.45, 2.75) is 25.7 Å². The normalized spacial score (nSPS) is 9.37. The Balaban J connectivity index is -0.00000128. The van der Waals surface area contributed by atoms with Gasteiger partial charge < -0.3 is 26.2 Å². The molecule has 0 saturated carbocycles. The Morgan fingerprint density at radius 3 is 2.00 bits per heavy atom. The maximum absolute atomic E-state index is 10.9. The molecule has 8 heteroatoms. The molecule has 0 aromatic heterocycles. The molecule has 0 radical (unpaired) electrons. The van der Waals surface area contributed by atoms with E-state index in [4.69, 9.17) is 21.3 Å². The third-order valence-electron chi connectivity index (χ3n) is 2.36. The van der Waals surface area contributed by atoms with Crippen molar-refractivity contribution >= 4 is 30.9 Å². The molecule has 0 spiro atoms. The molecule has 0 atom stereocenters. The number of unbranched alkanes of at least 4 members (excludes halogenated alkanes) is 1. The van der Waals surface area contributed by atoms with Crippen LogP contribution in [0.25, 0.3) is 0 Å². The van der Waals surface area contributed by atoms with Crippen molar-refractivity contribution in [3.05, 3.63) is 0 Å². The predicted octanol–water partition coefficient (Wildman–Crippen LogP) is 1.30. The maximum Gasteiger partial charge on any atom is 0.407 e. The molecule has 0 aliphatic rings. The molecular weight excluding hydrogens is 293 g/mol. The van der Waals surface area contributed by atoms with E-state index in [2.05, 4.69) is 0 Å². The molecule has 0 bridgehead atoms. The minimum absolute atomic E-state index is 0. The quantitative estimate of drug-likeness (QED) is 0.498. The summed E-state index contributed by atoms with van der Waals surface area (Å²) in [5.41, 5.74) is 10.7. The summed E-state index contributed by atoms with van der Waals surface area (Å²) in [5.74, 6) is 0. The lowest BCUT2D eigenvalue weighted by molar-refractivity contribution is 0.121. The van der Waals surface area contributed by atoms with Gasteiger partial charge in [-0.25, -0.2) is 4.79 Å². The summed E-state index contributed by atoms with van der Waals surface area (Å²) in [6, 6.07) is 0. The standard InChI is InChI=1S/C11H25N3O3.2ClH/c12-5-3-8-14(11(15)16)7-1-2-9-17-10-4-6-13;;/h1-10,12-13H2,(H,15,16);2*1H. The van der Waals surface area contributed by atoms with Crippen LogP contribution < -0.4 is 11.5 Å². The summed E-state index contributed by atoms with van der Waals surface area (Å²) >= 11 is 0. The molecule has 0 fully saturated rings. The zero-order valence-electron chi connectivity index (χ0n) is 11.3. The van der Waals surface area contributed by atoms with Crippen LogP contribution in [0.2, 0.25) is 0 Å². The van der Waals surface area contributed by atoms with Crippen LogP contribution in [-0.2, 0) is 4.74 Å². The molecule has 0 heterocycles. The number of rotatable bonds is 11. The van der Waals surface area contributed by atoms with Crippen LogP contribution in [0, 0.1) is 0 Å². The monoisotopic (exact) mass is 319 g/mol. The maximum atomic E-state index is 10.9. The van der Waals surface area contributed by atoms with E-state index < -0.39 is 6.09 Å². The molecule has 19 heavy (non-hydrogen) atoms. The summed E-state index contributed by atoms with van der Waals surface area (Å²) in [5, 5.41) is 8.91. The van der Waals surface area contributed by atoms with Gasteiger partial charge in [-0.2, -0.15) is 0 Å². The van der Waals surface area contributed by atoms with Crippen LogP contribution in [0.15, 0.2) is 0 Å². The van der Waals surface area contributed by atoms with Gasteiger partial charge in [0.2, 0.25) is 0 Å². The fourth-order valence-corrected chi connectivity index (χ4v) is 1.38. The summed E-state index contributed by atoms with van der Waals surface area (Å²) in [7, 11) is 0. The van der Waals surface area contributed by atoms with Crippen LogP contribution in [0.3, 0.4) is 0 Å². The van der Waals surface area contributed by atoms with Crippen LogP contribution in [0.1, 0.15) is 25.7 Å². The number of carbonyl (C=O) groups is 1. The van der Waals surface area contributed by atoms with E-state index in [-0.39, 0.29) is 24.8 Å². The highest BCUT2D eigenvalue weighted by Gasteiger charge is 2.09. The third-order valence-corrected chi connectivity index (χ3v) is 2.36. The molecule has 1 amide bonds. The van der Waals surface area contributed by atoms with E-state index in [1.165, 1.54) is 4.90 Å². The lowest BCUT2D eigenvalue weighted by Crippen LogP contribution is -2.32. The highest BCUT2D eigenvalue weighted by Crippen LogP contribution is 1.98.